The summed E-state index contributed by atoms with van der Waals surface area (Å²) < 4.78 is 11.8. The highest BCUT2D eigenvalue weighted by molar-refractivity contribution is 7.19. The van der Waals surface area contributed by atoms with Crippen LogP contribution in [0.25, 0.3) is 10.4 Å². The van der Waals surface area contributed by atoms with Crippen LogP contribution in [-0.2, 0) is 4.74 Å². The molecule has 0 aliphatic carbocycles. The van der Waals surface area contributed by atoms with Gasteiger partial charge in [-0.25, -0.2) is 4.79 Å². The van der Waals surface area contributed by atoms with E-state index < -0.39 is 0 Å². The number of hydrogen-bond donors (Lipinski definition) is 0. The number of amides is 1. The molecule has 2 aromatic rings. The van der Waals surface area contributed by atoms with Crippen LogP contribution in [0.4, 0.5) is 9.80 Å². The molecule has 4 saturated heterocycles. The Morgan fingerprint density at radius 1 is 1.21 bits per heavy atom. The van der Waals surface area contributed by atoms with Crippen molar-refractivity contribution in [3.63, 3.8) is 0 Å². The van der Waals surface area contributed by atoms with Crippen molar-refractivity contribution in [1.29, 1.82) is 0 Å². The summed E-state index contributed by atoms with van der Waals surface area (Å²) in [4.78, 5) is 18.1. The van der Waals surface area contributed by atoms with Crippen LogP contribution in [0.1, 0.15) is 26.2 Å². The largest absolute Gasteiger partial charge is 0.494 e. The van der Waals surface area contributed by atoms with Crippen molar-refractivity contribution in [2.24, 2.45) is 5.92 Å². The molecule has 4 aliphatic rings. The van der Waals surface area contributed by atoms with Crippen LogP contribution < -0.4 is 9.64 Å². The predicted molar refractivity (Wildman–Crippen MR) is 111 cm³/mol. The quantitative estimate of drug-likeness (QED) is 0.737. The minimum Gasteiger partial charge on any atom is -0.494 e. The predicted octanol–water partition coefficient (Wildman–Crippen LogP) is 4.62. The van der Waals surface area contributed by atoms with Crippen LogP contribution in [0, 0.1) is 5.92 Å². The Balaban J connectivity index is 1.36. The molecular weight excluding hydrogens is 372 g/mol. The van der Waals surface area contributed by atoms with Crippen LogP contribution >= 0.6 is 11.3 Å². The molecule has 4 aliphatic heterocycles. The first-order valence-electron chi connectivity index (χ1n) is 10.2. The Kier molecular flexibility index (Phi) is 4.56. The number of anilines is 1. The van der Waals surface area contributed by atoms with E-state index in [0.29, 0.717) is 12.5 Å². The van der Waals surface area contributed by atoms with Gasteiger partial charge in [-0.1, -0.05) is 19.1 Å². The summed E-state index contributed by atoms with van der Waals surface area (Å²) in [5.41, 5.74) is 0.806. The molecule has 1 amide bonds. The van der Waals surface area contributed by atoms with Gasteiger partial charge in [0.1, 0.15) is 16.4 Å². The number of carbonyl (C=O) groups excluding carboxylic acids is 1. The Bertz CT molecular complexity index is 874. The van der Waals surface area contributed by atoms with E-state index in [9.17, 15) is 4.79 Å². The summed E-state index contributed by atoms with van der Waals surface area (Å²) in [6.07, 6.45) is 3.08. The van der Waals surface area contributed by atoms with E-state index in [1.165, 1.54) is 0 Å². The molecule has 6 heteroatoms. The molecule has 28 heavy (non-hydrogen) atoms. The molecule has 0 radical (unpaired) electrons. The van der Waals surface area contributed by atoms with Crippen LogP contribution in [0.5, 0.6) is 5.75 Å². The van der Waals surface area contributed by atoms with E-state index in [1.807, 2.05) is 23.1 Å². The fourth-order valence-electron chi connectivity index (χ4n) is 4.77. The van der Waals surface area contributed by atoms with Crippen molar-refractivity contribution in [1.82, 2.24) is 4.90 Å². The third kappa shape index (κ3) is 3.08. The van der Waals surface area contributed by atoms with Crippen molar-refractivity contribution in [2.45, 2.75) is 31.8 Å². The zero-order valence-corrected chi connectivity index (χ0v) is 17.0. The number of benzene rings is 1. The molecule has 6 rings (SSSR count). The molecular formula is C22H26N2O3S. The Hall–Kier alpha value is -2.05. The topological polar surface area (TPSA) is 42.0 Å². The van der Waals surface area contributed by atoms with Crippen molar-refractivity contribution in [2.75, 3.05) is 37.7 Å². The zero-order valence-electron chi connectivity index (χ0n) is 16.2. The Morgan fingerprint density at radius 3 is 2.82 bits per heavy atom. The maximum Gasteiger partial charge on any atom is 0.415 e. The second-order valence-corrected chi connectivity index (χ2v) is 9.15. The summed E-state index contributed by atoms with van der Waals surface area (Å²) in [5.74, 6) is 1.39. The molecule has 1 aromatic heterocycles. The second-order valence-electron chi connectivity index (χ2n) is 8.08. The van der Waals surface area contributed by atoms with Gasteiger partial charge in [0, 0.05) is 17.3 Å². The SMILES string of the molecule is CCCOc1cccc(-c2ccc(N3C[C@@]4(CN5CCC4CC5)OC3=O)s2)c1. The summed E-state index contributed by atoms with van der Waals surface area (Å²) in [5, 5.41) is 0.966. The number of rotatable bonds is 5. The van der Waals surface area contributed by atoms with Crippen molar-refractivity contribution in [3.05, 3.63) is 36.4 Å². The highest BCUT2D eigenvalue weighted by atomic mass is 32.1. The van der Waals surface area contributed by atoms with Gasteiger partial charge in [0.2, 0.25) is 0 Å². The third-order valence-corrected chi connectivity index (χ3v) is 7.37. The lowest BCUT2D eigenvalue weighted by molar-refractivity contribution is -0.0881. The van der Waals surface area contributed by atoms with Gasteiger partial charge in [-0.15, -0.1) is 11.3 Å². The molecule has 1 atom stereocenters. The van der Waals surface area contributed by atoms with Gasteiger partial charge in [0.25, 0.3) is 0 Å². The highest BCUT2D eigenvalue weighted by Crippen LogP contribution is 2.45. The molecule has 2 bridgehead atoms. The van der Waals surface area contributed by atoms with Crippen LogP contribution in [-0.4, -0.2) is 49.4 Å². The van der Waals surface area contributed by atoms with Crippen molar-refractivity contribution in [3.8, 4) is 16.2 Å². The average Bonchev–Trinajstić information content (AvgIpc) is 3.32. The van der Waals surface area contributed by atoms with Gasteiger partial charge in [0.05, 0.1) is 13.2 Å². The monoisotopic (exact) mass is 398 g/mol. The molecule has 0 unspecified atom stereocenters. The maximum atomic E-state index is 12.7. The lowest BCUT2D eigenvalue weighted by Crippen LogP contribution is -2.61. The molecule has 5 heterocycles. The summed E-state index contributed by atoms with van der Waals surface area (Å²) in [6.45, 7) is 6.67. The van der Waals surface area contributed by atoms with Gasteiger partial charge < -0.3 is 9.47 Å². The van der Waals surface area contributed by atoms with Crippen LogP contribution in [0.3, 0.4) is 0 Å². The summed E-state index contributed by atoms with van der Waals surface area (Å²) in [7, 11) is 0. The summed E-state index contributed by atoms with van der Waals surface area (Å²) >= 11 is 1.64. The van der Waals surface area contributed by atoms with Crippen LogP contribution in [0.15, 0.2) is 36.4 Å². The van der Waals surface area contributed by atoms with Crippen molar-refractivity contribution >= 4 is 22.4 Å². The lowest BCUT2D eigenvalue weighted by atomic mass is 9.75. The van der Waals surface area contributed by atoms with E-state index in [2.05, 4.69) is 30.0 Å². The molecule has 1 spiro atoms. The van der Waals surface area contributed by atoms with Gasteiger partial charge in [-0.2, -0.15) is 0 Å². The van der Waals surface area contributed by atoms with E-state index in [1.54, 1.807) is 11.3 Å². The normalized spacial score (nSPS) is 28.8. The van der Waals surface area contributed by atoms with E-state index >= 15 is 0 Å². The maximum absolute atomic E-state index is 12.7. The standard InChI is InChI=1S/C22H26N2O3S/c1-2-12-26-18-5-3-4-16(13-18)19-6-7-20(28-19)24-15-22(27-21(24)25)14-23-10-8-17(22)9-11-23/h3-7,13,17H,2,8-12,14-15H2,1H3/t22-/m1/s1. The van der Waals surface area contributed by atoms with Crippen LogP contribution in [0.2, 0.25) is 0 Å². The number of carbonyl (C=O) groups is 1. The fourth-order valence-corrected chi connectivity index (χ4v) is 5.76. The average molecular weight is 399 g/mol. The van der Waals surface area contributed by atoms with Gasteiger partial charge in [0.15, 0.2) is 0 Å². The fraction of sp³-hybridized carbons (Fsp3) is 0.500. The summed E-state index contributed by atoms with van der Waals surface area (Å²) in [6, 6.07) is 12.3. The first-order valence-corrected chi connectivity index (χ1v) is 11.0. The Morgan fingerprint density at radius 2 is 2.07 bits per heavy atom. The van der Waals surface area contributed by atoms with E-state index in [-0.39, 0.29) is 11.7 Å². The number of piperidine rings is 3. The lowest BCUT2D eigenvalue weighted by Gasteiger charge is -2.49. The molecule has 148 valence electrons. The second kappa shape index (κ2) is 7.08. The van der Waals surface area contributed by atoms with E-state index in [4.69, 9.17) is 9.47 Å². The smallest absolute Gasteiger partial charge is 0.415 e. The molecule has 1 aromatic carbocycles. The minimum atomic E-state index is -0.314. The molecule has 4 fully saturated rings. The minimum absolute atomic E-state index is 0.192. The first-order chi connectivity index (χ1) is 13.7. The van der Waals surface area contributed by atoms with Gasteiger partial charge in [-0.05, 0) is 62.2 Å². The molecule has 5 nitrogen and oxygen atoms in total. The number of ether oxygens (including phenoxy) is 2. The third-order valence-electron chi connectivity index (χ3n) is 6.21. The molecule has 0 N–H and O–H groups in total. The Labute approximate surface area is 169 Å². The first kappa shape index (κ1) is 18.0. The highest BCUT2D eigenvalue weighted by Gasteiger charge is 2.55. The van der Waals surface area contributed by atoms with E-state index in [0.717, 1.165) is 66.7 Å². The van der Waals surface area contributed by atoms with Crippen molar-refractivity contribution < 1.29 is 14.3 Å². The zero-order chi connectivity index (χ0) is 19.1. The van der Waals surface area contributed by atoms with Gasteiger partial charge in [-0.3, -0.25) is 9.80 Å². The number of fused-ring (bicyclic) bond motifs is 2. The van der Waals surface area contributed by atoms with Gasteiger partial charge >= 0.3 is 6.09 Å². The molecule has 0 saturated carbocycles. The number of hydrogen-bond acceptors (Lipinski definition) is 5. The number of thiophene rings is 1. The number of nitrogens with zero attached hydrogens (tertiary/aromatic N) is 2.